The Morgan fingerprint density at radius 1 is 1.20 bits per heavy atom. The SMILES string of the molecule is CCCCC(N)C(O)C(=O)NCC(=O)N[C@H](C(=O)O)c1ccccc1. The van der Waals surface area contributed by atoms with Crippen LogP contribution in [0, 0.1) is 0 Å². The number of carbonyl (C=O) groups excluding carboxylic acids is 2. The summed E-state index contributed by atoms with van der Waals surface area (Å²) >= 11 is 0. The van der Waals surface area contributed by atoms with Crippen molar-refractivity contribution < 1.29 is 24.6 Å². The van der Waals surface area contributed by atoms with Gasteiger partial charge in [-0.25, -0.2) is 4.79 Å². The monoisotopic (exact) mass is 351 g/mol. The predicted molar refractivity (Wildman–Crippen MR) is 91.5 cm³/mol. The highest BCUT2D eigenvalue weighted by Crippen LogP contribution is 2.12. The van der Waals surface area contributed by atoms with Crippen molar-refractivity contribution in [2.75, 3.05) is 6.54 Å². The minimum atomic E-state index is -1.41. The van der Waals surface area contributed by atoms with Crippen LogP contribution in [0.3, 0.4) is 0 Å². The molecular weight excluding hydrogens is 326 g/mol. The van der Waals surface area contributed by atoms with Crippen LogP contribution in [-0.4, -0.2) is 46.7 Å². The smallest absolute Gasteiger partial charge is 0.330 e. The fourth-order valence-corrected chi connectivity index (χ4v) is 2.21. The summed E-state index contributed by atoms with van der Waals surface area (Å²) in [6, 6.07) is 6.28. The van der Waals surface area contributed by atoms with Crippen LogP contribution in [0.25, 0.3) is 0 Å². The molecule has 0 aliphatic heterocycles. The first kappa shape index (κ1) is 20.6. The van der Waals surface area contributed by atoms with Gasteiger partial charge in [-0.15, -0.1) is 0 Å². The summed E-state index contributed by atoms with van der Waals surface area (Å²) in [5.74, 6) is -2.66. The van der Waals surface area contributed by atoms with Crippen LogP contribution in [0.4, 0.5) is 0 Å². The molecule has 0 spiro atoms. The first-order valence-corrected chi connectivity index (χ1v) is 8.15. The van der Waals surface area contributed by atoms with Gasteiger partial charge >= 0.3 is 5.97 Å². The van der Waals surface area contributed by atoms with Gasteiger partial charge in [-0.05, 0) is 12.0 Å². The fourth-order valence-electron chi connectivity index (χ4n) is 2.21. The molecule has 6 N–H and O–H groups in total. The molecule has 0 bridgehead atoms. The third-order valence-electron chi connectivity index (χ3n) is 3.67. The normalized spacial score (nSPS) is 14.2. The number of nitrogens with two attached hydrogens (primary N) is 1. The second-order valence-corrected chi connectivity index (χ2v) is 5.72. The average Bonchev–Trinajstić information content (AvgIpc) is 2.61. The van der Waals surface area contributed by atoms with Gasteiger partial charge in [0.15, 0.2) is 6.04 Å². The van der Waals surface area contributed by atoms with E-state index in [1.165, 1.54) is 0 Å². The molecule has 0 fully saturated rings. The number of aliphatic carboxylic acids is 1. The van der Waals surface area contributed by atoms with Gasteiger partial charge in [0.05, 0.1) is 6.54 Å². The molecule has 0 saturated carbocycles. The van der Waals surface area contributed by atoms with E-state index in [-0.39, 0.29) is 0 Å². The topological polar surface area (TPSA) is 142 Å². The second kappa shape index (κ2) is 10.4. The Kier molecular flexibility index (Phi) is 8.59. The Hall–Kier alpha value is -2.45. The molecule has 0 aliphatic carbocycles. The quantitative estimate of drug-likeness (QED) is 0.399. The van der Waals surface area contributed by atoms with E-state index in [1.54, 1.807) is 30.3 Å². The third-order valence-corrected chi connectivity index (χ3v) is 3.67. The highest BCUT2D eigenvalue weighted by molar-refractivity contribution is 5.89. The van der Waals surface area contributed by atoms with Gasteiger partial charge in [-0.2, -0.15) is 0 Å². The van der Waals surface area contributed by atoms with Crippen molar-refractivity contribution >= 4 is 17.8 Å². The van der Waals surface area contributed by atoms with Crippen molar-refractivity contribution in [1.29, 1.82) is 0 Å². The van der Waals surface area contributed by atoms with E-state index in [0.29, 0.717) is 12.0 Å². The molecule has 8 nitrogen and oxygen atoms in total. The van der Waals surface area contributed by atoms with Crippen LogP contribution in [-0.2, 0) is 14.4 Å². The van der Waals surface area contributed by atoms with Gasteiger partial charge in [0.25, 0.3) is 5.91 Å². The molecule has 25 heavy (non-hydrogen) atoms. The molecule has 1 rings (SSSR count). The number of aliphatic hydroxyl groups is 1. The lowest BCUT2D eigenvalue weighted by atomic mass is 10.0. The second-order valence-electron chi connectivity index (χ2n) is 5.72. The molecule has 0 radical (unpaired) electrons. The van der Waals surface area contributed by atoms with Crippen molar-refractivity contribution in [2.45, 2.75) is 44.4 Å². The van der Waals surface area contributed by atoms with E-state index < -0.39 is 42.5 Å². The molecular formula is C17H25N3O5. The highest BCUT2D eigenvalue weighted by Gasteiger charge is 2.25. The fraction of sp³-hybridized carbons (Fsp3) is 0.471. The average molecular weight is 351 g/mol. The van der Waals surface area contributed by atoms with E-state index in [4.69, 9.17) is 5.73 Å². The van der Waals surface area contributed by atoms with E-state index in [0.717, 1.165) is 12.8 Å². The van der Waals surface area contributed by atoms with E-state index in [2.05, 4.69) is 10.6 Å². The molecule has 8 heteroatoms. The molecule has 2 unspecified atom stereocenters. The van der Waals surface area contributed by atoms with Crippen molar-refractivity contribution in [3.63, 3.8) is 0 Å². The van der Waals surface area contributed by atoms with Crippen LogP contribution >= 0.6 is 0 Å². The maximum Gasteiger partial charge on any atom is 0.330 e. The van der Waals surface area contributed by atoms with Gasteiger partial charge in [0, 0.05) is 6.04 Å². The Labute approximate surface area is 146 Å². The standard InChI is InChI=1S/C17H25N3O5/c1-2-3-9-12(18)15(22)16(23)19-10-13(21)20-14(17(24)25)11-7-5-4-6-8-11/h4-8,12,14-15,22H,2-3,9-10,18H2,1H3,(H,19,23)(H,20,21)(H,24,25)/t12?,14-,15?/m0/s1. The van der Waals surface area contributed by atoms with Gasteiger partial charge in [-0.3, -0.25) is 9.59 Å². The van der Waals surface area contributed by atoms with Gasteiger partial charge in [0.1, 0.15) is 6.10 Å². The number of rotatable bonds is 10. The van der Waals surface area contributed by atoms with E-state index in [9.17, 15) is 24.6 Å². The summed E-state index contributed by atoms with van der Waals surface area (Å²) < 4.78 is 0. The lowest BCUT2D eigenvalue weighted by Crippen LogP contribution is -2.49. The van der Waals surface area contributed by atoms with Crippen LogP contribution in [0.5, 0.6) is 0 Å². The van der Waals surface area contributed by atoms with Crippen LogP contribution in [0.15, 0.2) is 30.3 Å². The molecule has 1 aromatic carbocycles. The summed E-state index contributed by atoms with van der Waals surface area (Å²) in [6.45, 7) is 1.52. The summed E-state index contributed by atoms with van der Waals surface area (Å²) in [6.07, 6.45) is 0.750. The molecule has 0 saturated heterocycles. The Morgan fingerprint density at radius 3 is 2.40 bits per heavy atom. The first-order valence-electron chi connectivity index (χ1n) is 8.15. The Bertz CT molecular complexity index is 579. The molecule has 0 aliphatic rings. The number of benzene rings is 1. The largest absolute Gasteiger partial charge is 0.479 e. The number of hydrogen-bond donors (Lipinski definition) is 5. The maximum absolute atomic E-state index is 11.9. The third kappa shape index (κ3) is 6.90. The number of carbonyl (C=O) groups is 3. The molecule has 0 heterocycles. The zero-order valence-electron chi connectivity index (χ0n) is 14.1. The molecule has 1 aromatic rings. The lowest BCUT2D eigenvalue weighted by molar-refractivity contribution is -0.142. The number of nitrogens with one attached hydrogen (secondary N) is 2. The Morgan fingerprint density at radius 2 is 1.84 bits per heavy atom. The number of amides is 2. The van der Waals surface area contributed by atoms with Crippen LogP contribution in [0.1, 0.15) is 37.8 Å². The number of hydrogen-bond acceptors (Lipinski definition) is 5. The summed E-state index contributed by atoms with van der Waals surface area (Å²) in [5.41, 5.74) is 6.13. The van der Waals surface area contributed by atoms with Crippen molar-refractivity contribution in [1.82, 2.24) is 10.6 Å². The molecule has 0 aromatic heterocycles. The lowest BCUT2D eigenvalue weighted by Gasteiger charge is -2.19. The predicted octanol–water partition coefficient (Wildman–Crippen LogP) is -0.0769. The minimum Gasteiger partial charge on any atom is -0.479 e. The molecule has 138 valence electrons. The minimum absolute atomic E-state index is 0.413. The van der Waals surface area contributed by atoms with Gasteiger partial charge < -0.3 is 26.6 Å². The number of carboxylic acids is 1. The zero-order chi connectivity index (χ0) is 18.8. The number of aliphatic hydroxyl groups excluding tert-OH is 1. The van der Waals surface area contributed by atoms with E-state index >= 15 is 0 Å². The van der Waals surface area contributed by atoms with Crippen molar-refractivity contribution in [3.8, 4) is 0 Å². The van der Waals surface area contributed by atoms with Crippen molar-refractivity contribution in [2.24, 2.45) is 5.73 Å². The number of carboxylic acid groups (broad SMARTS) is 1. The summed E-state index contributed by atoms with van der Waals surface area (Å²) in [5, 5.41) is 23.6. The van der Waals surface area contributed by atoms with Crippen LogP contribution in [0.2, 0.25) is 0 Å². The van der Waals surface area contributed by atoms with Crippen molar-refractivity contribution in [3.05, 3.63) is 35.9 Å². The first-order chi connectivity index (χ1) is 11.9. The summed E-state index contributed by atoms with van der Waals surface area (Å²) in [7, 11) is 0. The van der Waals surface area contributed by atoms with Gasteiger partial charge in [0.2, 0.25) is 5.91 Å². The van der Waals surface area contributed by atoms with E-state index in [1.807, 2.05) is 6.92 Å². The summed E-state index contributed by atoms with van der Waals surface area (Å²) in [4.78, 5) is 35.0. The molecule has 2 amide bonds. The van der Waals surface area contributed by atoms with Gasteiger partial charge in [-0.1, -0.05) is 50.1 Å². The maximum atomic E-state index is 11.9. The zero-order valence-corrected chi connectivity index (χ0v) is 14.1. The Balaban J connectivity index is 2.52. The number of unbranched alkanes of at least 4 members (excludes halogenated alkanes) is 1. The molecule has 3 atom stereocenters. The highest BCUT2D eigenvalue weighted by atomic mass is 16.4. The van der Waals surface area contributed by atoms with Crippen LogP contribution < -0.4 is 16.4 Å².